The molecule has 17 heavy (non-hydrogen) atoms. The summed E-state index contributed by atoms with van der Waals surface area (Å²) in [6.07, 6.45) is 10.5. The summed E-state index contributed by atoms with van der Waals surface area (Å²) in [5, 5.41) is 9.99. The molecule has 2 nitrogen and oxygen atoms in total. The minimum absolute atomic E-state index is 0.105. The predicted octanol–water partition coefficient (Wildman–Crippen LogP) is 3.91. The lowest BCUT2D eigenvalue weighted by Gasteiger charge is -2.24. The Morgan fingerprint density at radius 2 is 1.94 bits per heavy atom. The third kappa shape index (κ3) is 5.87. The van der Waals surface area contributed by atoms with Crippen molar-refractivity contribution in [3.8, 4) is 0 Å². The molecule has 0 aromatic carbocycles. The fourth-order valence-corrected chi connectivity index (χ4v) is 2.61. The number of unbranched alkanes of at least 4 members (excludes halogenated alkanes) is 1. The van der Waals surface area contributed by atoms with Crippen LogP contribution in [0.2, 0.25) is 0 Å². The summed E-state index contributed by atoms with van der Waals surface area (Å²) in [5.41, 5.74) is 0. The van der Waals surface area contributed by atoms with Crippen molar-refractivity contribution in [1.82, 2.24) is 0 Å². The van der Waals surface area contributed by atoms with Gasteiger partial charge in [0.2, 0.25) is 0 Å². The fraction of sp³-hybridized carbons (Fsp3) is 1.00. The van der Waals surface area contributed by atoms with E-state index in [0.717, 1.165) is 25.9 Å². The topological polar surface area (TPSA) is 29.5 Å². The van der Waals surface area contributed by atoms with Gasteiger partial charge in [0.25, 0.3) is 0 Å². The van der Waals surface area contributed by atoms with Gasteiger partial charge in [-0.25, -0.2) is 0 Å². The molecule has 3 unspecified atom stereocenters. The molecular formula is C15H30O2. The first-order valence-corrected chi connectivity index (χ1v) is 7.57. The van der Waals surface area contributed by atoms with E-state index in [1.807, 2.05) is 0 Å². The Bertz CT molecular complexity index is 182. The fourth-order valence-electron chi connectivity index (χ4n) is 2.61. The van der Waals surface area contributed by atoms with Crippen molar-refractivity contribution in [2.24, 2.45) is 5.92 Å². The molecule has 0 spiro atoms. The van der Waals surface area contributed by atoms with Crippen molar-refractivity contribution in [3.05, 3.63) is 0 Å². The lowest BCUT2D eigenvalue weighted by Crippen LogP contribution is -2.29. The summed E-state index contributed by atoms with van der Waals surface area (Å²) in [4.78, 5) is 0. The summed E-state index contributed by atoms with van der Waals surface area (Å²) in [6, 6.07) is 0. The number of aliphatic hydroxyl groups excluding tert-OH is 1. The Morgan fingerprint density at radius 1 is 1.18 bits per heavy atom. The standard InChI is InChI=1S/C15H30O2/c1-3-5-9-13(4-2)12-17-15-11-8-6-7-10-14(15)16/h13-16H,3-12H2,1-2H3. The Balaban J connectivity index is 2.25. The van der Waals surface area contributed by atoms with E-state index in [1.165, 1.54) is 38.5 Å². The Hall–Kier alpha value is -0.0800. The van der Waals surface area contributed by atoms with Crippen molar-refractivity contribution in [2.45, 2.75) is 83.8 Å². The van der Waals surface area contributed by atoms with Crippen LogP contribution in [0, 0.1) is 5.92 Å². The molecule has 0 heterocycles. The Labute approximate surface area is 107 Å². The molecule has 0 aromatic heterocycles. The third-order valence-corrected chi connectivity index (χ3v) is 4.01. The molecule has 1 saturated carbocycles. The quantitative estimate of drug-likeness (QED) is 0.686. The average molecular weight is 242 g/mol. The van der Waals surface area contributed by atoms with Gasteiger partial charge in [-0.3, -0.25) is 0 Å². The van der Waals surface area contributed by atoms with Gasteiger partial charge < -0.3 is 9.84 Å². The molecule has 0 aliphatic heterocycles. The van der Waals surface area contributed by atoms with Gasteiger partial charge in [0.05, 0.1) is 12.2 Å². The van der Waals surface area contributed by atoms with Crippen LogP contribution < -0.4 is 0 Å². The van der Waals surface area contributed by atoms with Gasteiger partial charge in [-0.15, -0.1) is 0 Å². The van der Waals surface area contributed by atoms with E-state index >= 15 is 0 Å². The van der Waals surface area contributed by atoms with Crippen LogP contribution >= 0.6 is 0 Å². The van der Waals surface area contributed by atoms with Crippen LogP contribution in [-0.2, 0) is 4.74 Å². The van der Waals surface area contributed by atoms with E-state index in [9.17, 15) is 5.11 Å². The van der Waals surface area contributed by atoms with Crippen molar-refractivity contribution in [1.29, 1.82) is 0 Å². The minimum Gasteiger partial charge on any atom is -0.390 e. The normalized spacial score (nSPS) is 27.7. The summed E-state index contributed by atoms with van der Waals surface area (Å²) >= 11 is 0. The van der Waals surface area contributed by atoms with Crippen LogP contribution in [0.25, 0.3) is 0 Å². The lowest BCUT2D eigenvalue weighted by atomic mass is 10.00. The molecule has 2 heteroatoms. The molecule has 1 N–H and O–H groups in total. The molecule has 0 radical (unpaired) electrons. The average Bonchev–Trinajstić information content (AvgIpc) is 2.55. The highest BCUT2D eigenvalue weighted by Gasteiger charge is 2.22. The third-order valence-electron chi connectivity index (χ3n) is 4.01. The zero-order valence-electron chi connectivity index (χ0n) is 11.7. The molecule has 0 saturated heterocycles. The molecule has 0 bridgehead atoms. The highest BCUT2D eigenvalue weighted by atomic mass is 16.5. The molecule has 0 amide bonds. The van der Waals surface area contributed by atoms with Gasteiger partial charge in [0.1, 0.15) is 0 Å². The molecule has 1 rings (SSSR count). The second-order valence-electron chi connectivity index (χ2n) is 5.49. The summed E-state index contributed by atoms with van der Waals surface area (Å²) < 4.78 is 5.98. The van der Waals surface area contributed by atoms with Gasteiger partial charge in [0, 0.05) is 6.61 Å². The minimum atomic E-state index is -0.221. The van der Waals surface area contributed by atoms with Gasteiger partial charge in [-0.2, -0.15) is 0 Å². The molecule has 1 aliphatic rings. The number of rotatable bonds is 7. The van der Waals surface area contributed by atoms with E-state index in [4.69, 9.17) is 4.74 Å². The molecule has 3 atom stereocenters. The largest absolute Gasteiger partial charge is 0.390 e. The second kappa shape index (κ2) is 8.93. The van der Waals surface area contributed by atoms with Crippen molar-refractivity contribution in [2.75, 3.05) is 6.61 Å². The summed E-state index contributed by atoms with van der Waals surface area (Å²) in [5.74, 6) is 0.686. The van der Waals surface area contributed by atoms with Crippen molar-refractivity contribution in [3.63, 3.8) is 0 Å². The highest BCUT2D eigenvalue weighted by molar-refractivity contribution is 4.73. The van der Waals surface area contributed by atoms with Gasteiger partial charge in [-0.05, 0) is 25.2 Å². The molecule has 1 aliphatic carbocycles. The molecule has 1 fully saturated rings. The van der Waals surface area contributed by atoms with Crippen LogP contribution in [0.1, 0.15) is 71.6 Å². The maximum atomic E-state index is 9.99. The maximum absolute atomic E-state index is 9.99. The van der Waals surface area contributed by atoms with E-state index in [-0.39, 0.29) is 12.2 Å². The van der Waals surface area contributed by atoms with E-state index in [2.05, 4.69) is 13.8 Å². The highest BCUT2D eigenvalue weighted by Crippen LogP contribution is 2.22. The number of hydrogen-bond donors (Lipinski definition) is 1. The lowest BCUT2D eigenvalue weighted by molar-refractivity contribution is -0.0533. The first-order valence-electron chi connectivity index (χ1n) is 7.57. The van der Waals surface area contributed by atoms with Crippen molar-refractivity contribution >= 4 is 0 Å². The van der Waals surface area contributed by atoms with Gasteiger partial charge in [-0.1, -0.05) is 52.4 Å². The molecule has 0 aromatic rings. The van der Waals surface area contributed by atoms with Crippen LogP contribution in [0.3, 0.4) is 0 Å². The maximum Gasteiger partial charge on any atom is 0.0834 e. The monoisotopic (exact) mass is 242 g/mol. The van der Waals surface area contributed by atoms with E-state index < -0.39 is 0 Å². The van der Waals surface area contributed by atoms with Crippen molar-refractivity contribution < 1.29 is 9.84 Å². The molecule has 102 valence electrons. The van der Waals surface area contributed by atoms with E-state index in [1.54, 1.807) is 0 Å². The number of aliphatic hydroxyl groups is 1. The van der Waals surface area contributed by atoms with Gasteiger partial charge >= 0.3 is 0 Å². The number of hydrogen-bond acceptors (Lipinski definition) is 2. The smallest absolute Gasteiger partial charge is 0.0834 e. The zero-order valence-corrected chi connectivity index (χ0v) is 11.7. The van der Waals surface area contributed by atoms with Gasteiger partial charge in [0.15, 0.2) is 0 Å². The predicted molar refractivity (Wildman–Crippen MR) is 72.1 cm³/mol. The Morgan fingerprint density at radius 3 is 2.65 bits per heavy atom. The van der Waals surface area contributed by atoms with Crippen LogP contribution in [-0.4, -0.2) is 23.9 Å². The first kappa shape index (κ1) is 15.0. The summed E-state index contributed by atoms with van der Waals surface area (Å²) in [6.45, 7) is 5.33. The SMILES string of the molecule is CCCCC(CC)COC1CCCCCC1O. The molecular weight excluding hydrogens is 212 g/mol. The number of ether oxygens (including phenoxy) is 1. The second-order valence-corrected chi connectivity index (χ2v) is 5.49. The zero-order chi connectivity index (χ0) is 12.5. The first-order chi connectivity index (χ1) is 8.27. The van der Waals surface area contributed by atoms with Crippen LogP contribution in [0.4, 0.5) is 0 Å². The van der Waals surface area contributed by atoms with Crippen LogP contribution in [0.15, 0.2) is 0 Å². The Kier molecular flexibility index (Phi) is 7.87. The summed E-state index contributed by atoms with van der Waals surface area (Å²) in [7, 11) is 0. The van der Waals surface area contributed by atoms with Crippen LogP contribution in [0.5, 0.6) is 0 Å². The van der Waals surface area contributed by atoms with E-state index in [0.29, 0.717) is 5.92 Å².